The van der Waals surface area contributed by atoms with E-state index >= 15 is 0 Å². The number of hydrogen-bond acceptors (Lipinski definition) is 4. The van der Waals surface area contributed by atoms with Gasteiger partial charge in [0.05, 0.1) is 14.2 Å². The zero-order valence-corrected chi connectivity index (χ0v) is 15.4. The predicted octanol–water partition coefficient (Wildman–Crippen LogP) is 4.59. The lowest BCUT2D eigenvalue weighted by Gasteiger charge is -2.28. The molecule has 0 radical (unpaired) electrons. The summed E-state index contributed by atoms with van der Waals surface area (Å²) in [5, 5.41) is 0. The molecule has 1 fully saturated rings. The number of piperidine rings is 1. The number of rotatable bonds is 6. The highest BCUT2D eigenvalue weighted by molar-refractivity contribution is 6.07. The van der Waals surface area contributed by atoms with E-state index in [0.29, 0.717) is 17.1 Å². The highest BCUT2D eigenvalue weighted by atomic mass is 16.5. The molecule has 1 aliphatic heterocycles. The van der Waals surface area contributed by atoms with Gasteiger partial charge in [-0.1, -0.05) is 18.2 Å². The van der Waals surface area contributed by atoms with Gasteiger partial charge in [-0.15, -0.1) is 0 Å². The van der Waals surface area contributed by atoms with Crippen LogP contribution in [0.3, 0.4) is 0 Å². The highest BCUT2D eigenvalue weighted by Crippen LogP contribution is 2.28. The first-order chi connectivity index (χ1) is 12.7. The van der Waals surface area contributed by atoms with Crippen molar-refractivity contribution in [1.82, 2.24) is 0 Å². The Labute approximate surface area is 155 Å². The van der Waals surface area contributed by atoms with Gasteiger partial charge in [-0.2, -0.15) is 0 Å². The molecule has 136 valence electrons. The Morgan fingerprint density at radius 1 is 0.923 bits per heavy atom. The summed E-state index contributed by atoms with van der Waals surface area (Å²) >= 11 is 0. The normalized spacial score (nSPS) is 14.5. The van der Waals surface area contributed by atoms with E-state index in [-0.39, 0.29) is 5.78 Å². The summed E-state index contributed by atoms with van der Waals surface area (Å²) in [5.74, 6) is 1.10. The Kier molecular flexibility index (Phi) is 5.95. The zero-order chi connectivity index (χ0) is 18.4. The molecule has 1 saturated heterocycles. The van der Waals surface area contributed by atoms with E-state index in [4.69, 9.17) is 9.47 Å². The maximum absolute atomic E-state index is 12.4. The molecule has 0 atom stereocenters. The van der Waals surface area contributed by atoms with E-state index in [0.717, 1.165) is 18.7 Å². The van der Waals surface area contributed by atoms with Crippen LogP contribution in [0.5, 0.6) is 11.5 Å². The molecule has 0 aliphatic carbocycles. The second-order valence-electron chi connectivity index (χ2n) is 6.41. The molecule has 0 bridgehead atoms. The Morgan fingerprint density at radius 2 is 1.62 bits per heavy atom. The third-order valence-corrected chi connectivity index (χ3v) is 4.71. The van der Waals surface area contributed by atoms with Crippen molar-refractivity contribution in [2.24, 2.45) is 0 Å². The molecule has 2 aromatic carbocycles. The maximum Gasteiger partial charge on any atom is 0.185 e. The quantitative estimate of drug-likeness (QED) is 0.564. The van der Waals surface area contributed by atoms with Crippen molar-refractivity contribution >= 4 is 17.5 Å². The molecule has 3 rings (SSSR count). The standard InChI is InChI=1S/C22H25NO3/c1-25-21-13-9-18(16-22(21)26-2)20(24)12-8-17-6-10-19(11-7-17)23-14-4-3-5-15-23/h6-13,16H,3-5,14-15H2,1-2H3/b12-8+. The molecule has 0 aromatic heterocycles. The van der Waals surface area contributed by atoms with E-state index in [1.807, 2.05) is 6.08 Å². The van der Waals surface area contributed by atoms with E-state index in [1.54, 1.807) is 38.5 Å². The minimum atomic E-state index is -0.0638. The van der Waals surface area contributed by atoms with Gasteiger partial charge in [0.1, 0.15) is 0 Å². The lowest BCUT2D eigenvalue weighted by Crippen LogP contribution is -2.29. The fraction of sp³-hybridized carbons (Fsp3) is 0.318. The van der Waals surface area contributed by atoms with Gasteiger partial charge in [-0.05, 0) is 61.2 Å². The van der Waals surface area contributed by atoms with Crippen LogP contribution in [0.25, 0.3) is 6.08 Å². The average molecular weight is 351 g/mol. The van der Waals surface area contributed by atoms with E-state index in [1.165, 1.54) is 24.9 Å². The number of carbonyl (C=O) groups excluding carboxylic acids is 1. The Bertz CT molecular complexity index is 774. The molecule has 26 heavy (non-hydrogen) atoms. The SMILES string of the molecule is COc1ccc(C(=O)/C=C/c2ccc(N3CCCCC3)cc2)cc1OC. The topological polar surface area (TPSA) is 38.8 Å². The van der Waals surface area contributed by atoms with Crippen LogP contribution in [0.4, 0.5) is 5.69 Å². The second-order valence-corrected chi connectivity index (χ2v) is 6.41. The first-order valence-corrected chi connectivity index (χ1v) is 9.01. The first kappa shape index (κ1) is 18.1. The molecular weight excluding hydrogens is 326 g/mol. The summed E-state index contributed by atoms with van der Waals surface area (Å²) in [7, 11) is 3.14. The summed E-state index contributed by atoms with van der Waals surface area (Å²) in [5.41, 5.74) is 2.84. The number of ketones is 1. The van der Waals surface area contributed by atoms with Crippen LogP contribution in [0, 0.1) is 0 Å². The van der Waals surface area contributed by atoms with Crippen LogP contribution >= 0.6 is 0 Å². The van der Waals surface area contributed by atoms with E-state index < -0.39 is 0 Å². The Hall–Kier alpha value is -2.75. The van der Waals surface area contributed by atoms with Crippen molar-refractivity contribution in [3.8, 4) is 11.5 Å². The fourth-order valence-corrected chi connectivity index (χ4v) is 3.21. The van der Waals surface area contributed by atoms with Gasteiger partial charge >= 0.3 is 0 Å². The van der Waals surface area contributed by atoms with Crippen molar-refractivity contribution in [2.45, 2.75) is 19.3 Å². The molecule has 0 amide bonds. The molecule has 0 N–H and O–H groups in total. The third-order valence-electron chi connectivity index (χ3n) is 4.71. The van der Waals surface area contributed by atoms with E-state index in [9.17, 15) is 4.79 Å². The zero-order valence-electron chi connectivity index (χ0n) is 15.4. The molecule has 1 aliphatic rings. The molecule has 4 heteroatoms. The monoisotopic (exact) mass is 351 g/mol. The number of anilines is 1. The summed E-state index contributed by atoms with van der Waals surface area (Å²) in [6.07, 6.45) is 7.30. The van der Waals surface area contributed by atoms with Gasteiger partial charge in [0, 0.05) is 24.3 Å². The number of ether oxygens (including phenoxy) is 2. The number of carbonyl (C=O) groups is 1. The van der Waals surface area contributed by atoms with Crippen molar-refractivity contribution < 1.29 is 14.3 Å². The molecule has 0 unspecified atom stereocenters. The van der Waals surface area contributed by atoms with Gasteiger partial charge in [-0.3, -0.25) is 4.79 Å². The average Bonchev–Trinajstić information content (AvgIpc) is 2.72. The Morgan fingerprint density at radius 3 is 2.27 bits per heavy atom. The van der Waals surface area contributed by atoms with Crippen LogP contribution in [0.2, 0.25) is 0 Å². The summed E-state index contributed by atoms with van der Waals surface area (Å²) < 4.78 is 10.5. The van der Waals surface area contributed by atoms with E-state index in [2.05, 4.69) is 29.2 Å². The number of allylic oxidation sites excluding steroid dienone is 1. The van der Waals surface area contributed by atoms with Crippen LogP contribution < -0.4 is 14.4 Å². The minimum Gasteiger partial charge on any atom is -0.493 e. The number of methoxy groups -OCH3 is 2. The molecular formula is C22H25NO3. The van der Waals surface area contributed by atoms with Crippen LogP contribution in [0.1, 0.15) is 35.2 Å². The predicted molar refractivity (Wildman–Crippen MR) is 105 cm³/mol. The molecule has 4 nitrogen and oxygen atoms in total. The molecule has 2 aromatic rings. The number of hydrogen-bond donors (Lipinski definition) is 0. The van der Waals surface area contributed by atoms with Gasteiger partial charge < -0.3 is 14.4 Å². The lowest BCUT2D eigenvalue weighted by atomic mass is 10.1. The second kappa shape index (κ2) is 8.56. The number of nitrogens with zero attached hydrogens (tertiary/aromatic N) is 1. The van der Waals surface area contributed by atoms with Crippen molar-refractivity contribution in [3.63, 3.8) is 0 Å². The van der Waals surface area contributed by atoms with Gasteiger partial charge in [0.15, 0.2) is 17.3 Å². The molecule has 0 spiro atoms. The van der Waals surface area contributed by atoms with Gasteiger partial charge in [-0.25, -0.2) is 0 Å². The van der Waals surface area contributed by atoms with Gasteiger partial charge in [0.2, 0.25) is 0 Å². The van der Waals surface area contributed by atoms with Crippen LogP contribution in [0.15, 0.2) is 48.5 Å². The summed E-state index contributed by atoms with van der Waals surface area (Å²) in [6, 6.07) is 13.6. The largest absolute Gasteiger partial charge is 0.493 e. The molecule has 1 heterocycles. The first-order valence-electron chi connectivity index (χ1n) is 9.01. The maximum atomic E-state index is 12.4. The summed E-state index contributed by atoms with van der Waals surface area (Å²) in [6.45, 7) is 2.26. The summed E-state index contributed by atoms with van der Waals surface area (Å²) in [4.78, 5) is 14.8. The molecule has 0 saturated carbocycles. The van der Waals surface area contributed by atoms with Crippen molar-refractivity contribution in [2.75, 3.05) is 32.2 Å². The van der Waals surface area contributed by atoms with Crippen LogP contribution in [-0.4, -0.2) is 33.1 Å². The van der Waals surface area contributed by atoms with Crippen molar-refractivity contribution in [3.05, 3.63) is 59.7 Å². The fourth-order valence-electron chi connectivity index (χ4n) is 3.21. The Balaban J connectivity index is 1.68. The lowest BCUT2D eigenvalue weighted by molar-refractivity contribution is 0.104. The third kappa shape index (κ3) is 4.26. The highest BCUT2D eigenvalue weighted by Gasteiger charge is 2.11. The minimum absolute atomic E-state index is 0.0638. The van der Waals surface area contributed by atoms with Crippen LogP contribution in [-0.2, 0) is 0 Å². The number of benzene rings is 2. The van der Waals surface area contributed by atoms with Gasteiger partial charge in [0.25, 0.3) is 0 Å². The smallest absolute Gasteiger partial charge is 0.185 e. The van der Waals surface area contributed by atoms with Crippen molar-refractivity contribution in [1.29, 1.82) is 0 Å².